The molecule has 11 aromatic rings. The van der Waals surface area contributed by atoms with Crippen LogP contribution in [0.25, 0.3) is 23.5 Å². The van der Waals surface area contributed by atoms with E-state index in [2.05, 4.69) is 40.4 Å². The van der Waals surface area contributed by atoms with Crippen molar-refractivity contribution in [3.63, 3.8) is 0 Å². The maximum Gasteiger partial charge on any atom is 0.433 e. The van der Waals surface area contributed by atoms with Crippen LogP contribution in [0, 0.1) is 17.0 Å². The number of hydrogen-bond acceptors (Lipinski definition) is 26. The van der Waals surface area contributed by atoms with Gasteiger partial charge in [-0.1, -0.05) is 109 Å². The smallest absolute Gasteiger partial charge is 0.433 e. The molecule has 4 aromatic carbocycles. The number of aryl methyl sites for hydroxylation is 5. The molecule has 0 aliphatic carbocycles. The SMILES string of the molecule is CCCCc1nc(C=O)c(Cl)[nH]1.CCOC(=O)c1cc(-c2ccc(Cl)cc2)oc1C=O.COC(=O)c1cc(C=O)oc1C.COc1cc(/C=C/C=O)cc(OC)c1O.Cn1ccnc1C=O.Cn1cncc1C=O.O=C/C=C/c1ccccc1.O=CCCc1ccccc1.O=Cc1ccc([N+](=O)[O-])o1.O=Cc1ccoc1. The number of furan rings is 4. The van der Waals surface area contributed by atoms with Crippen LogP contribution < -0.4 is 9.47 Å². The first-order chi connectivity index (χ1) is 53.6. The minimum absolute atomic E-state index is 0.0355. The normalized spacial score (nSPS) is 9.68. The van der Waals surface area contributed by atoms with Crippen molar-refractivity contribution in [2.75, 3.05) is 27.9 Å². The number of unbranched alkanes of at least 4 members (excludes halogenated alkanes) is 1. The largest absolute Gasteiger partial charge is 0.502 e. The minimum Gasteiger partial charge on any atom is -0.502 e. The highest BCUT2D eigenvalue weighted by Crippen LogP contribution is 2.37. The minimum atomic E-state index is -0.701. The Kier molecular flexibility index (Phi) is 45.9. The van der Waals surface area contributed by atoms with Crippen LogP contribution in [0.1, 0.15) is 156 Å². The number of carbonyl (C=O) groups is 12. The van der Waals surface area contributed by atoms with E-state index in [1.165, 1.54) is 76.0 Å². The fraction of sp³-hybridized carbons (Fsp3) is 0.177. The van der Waals surface area contributed by atoms with Crippen LogP contribution in [0.2, 0.25) is 10.2 Å². The number of phenols is 1. The van der Waals surface area contributed by atoms with E-state index in [4.69, 9.17) is 46.2 Å². The van der Waals surface area contributed by atoms with Crippen LogP contribution >= 0.6 is 23.2 Å². The van der Waals surface area contributed by atoms with E-state index < -0.39 is 22.7 Å². The second-order valence-corrected chi connectivity index (χ2v) is 22.0. The molecule has 7 aromatic heterocycles. The lowest BCUT2D eigenvalue weighted by Gasteiger charge is -2.09. The third-order valence-corrected chi connectivity index (χ3v) is 14.1. The van der Waals surface area contributed by atoms with Gasteiger partial charge in [-0.3, -0.25) is 53.3 Å². The molecule has 7 heterocycles. The number of halogens is 2. The Balaban J connectivity index is 0.000000424. The van der Waals surface area contributed by atoms with Crippen molar-refractivity contribution < 1.29 is 104 Å². The molecule has 0 atom stereocenters. The number of nitrogens with zero attached hydrogens (tertiary/aromatic N) is 6. The Labute approximate surface area is 646 Å². The topological polar surface area (TPSA) is 422 Å². The number of hydrogen-bond donors (Lipinski definition) is 2. The fourth-order valence-corrected chi connectivity index (χ4v) is 8.33. The molecule has 0 amide bonds. The molecule has 111 heavy (non-hydrogen) atoms. The van der Waals surface area contributed by atoms with Crippen molar-refractivity contribution in [2.45, 2.75) is 52.9 Å². The number of rotatable bonds is 24. The van der Waals surface area contributed by atoms with Gasteiger partial charge in [-0.05, 0) is 110 Å². The molecule has 0 fully saturated rings. The van der Waals surface area contributed by atoms with E-state index in [1.807, 2.05) is 60.7 Å². The molecular weight excluding hydrogens is 1490 g/mol. The van der Waals surface area contributed by atoms with Crippen molar-refractivity contribution in [1.82, 2.24) is 29.1 Å². The summed E-state index contributed by atoms with van der Waals surface area (Å²) >= 11 is 11.5. The molecule has 11 rings (SSSR count). The lowest BCUT2D eigenvalue weighted by Crippen LogP contribution is -2.05. The summed E-state index contributed by atoms with van der Waals surface area (Å²) in [7, 11) is 7.71. The number of carbonyl (C=O) groups excluding carboxylic acids is 12. The van der Waals surface area contributed by atoms with Crippen LogP contribution in [-0.4, -0.2) is 142 Å². The van der Waals surface area contributed by atoms with Crippen molar-refractivity contribution in [3.8, 4) is 28.6 Å². The maximum atomic E-state index is 11.7. The molecule has 0 aliphatic heterocycles. The monoisotopic (exact) mass is 1560 g/mol. The number of aldehydes is 10. The molecule has 0 saturated carbocycles. The zero-order valence-electron chi connectivity index (χ0n) is 61.3. The molecule has 2 N–H and O–H groups in total. The second kappa shape index (κ2) is 54.7. The fourth-order valence-electron chi connectivity index (χ4n) is 8.01. The molecule has 0 saturated heterocycles. The van der Waals surface area contributed by atoms with Gasteiger partial charge < -0.3 is 60.6 Å². The van der Waals surface area contributed by atoms with Crippen molar-refractivity contribution in [2.24, 2.45) is 14.1 Å². The number of esters is 2. The van der Waals surface area contributed by atoms with Crippen molar-refractivity contribution in [1.29, 1.82) is 0 Å². The molecule has 30 nitrogen and oxygen atoms in total. The molecule has 0 bridgehead atoms. The number of phenolic OH excluding ortho intramolecular Hbond substituents is 1. The second-order valence-electron chi connectivity index (χ2n) is 21.2. The summed E-state index contributed by atoms with van der Waals surface area (Å²) in [6, 6.07) is 36.6. The number of ether oxygens (including phenoxy) is 4. The molecule has 0 radical (unpaired) electrons. The summed E-state index contributed by atoms with van der Waals surface area (Å²) in [6.07, 6.45) is 26.7. The summed E-state index contributed by atoms with van der Waals surface area (Å²) in [5, 5.41) is 20.5. The zero-order chi connectivity index (χ0) is 82.3. The molecule has 32 heteroatoms. The van der Waals surface area contributed by atoms with Crippen LogP contribution in [0.15, 0.2) is 195 Å². The average molecular weight is 1570 g/mol. The number of nitrogens with one attached hydrogen (secondary N) is 1. The van der Waals surface area contributed by atoms with Gasteiger partial charge in [0.1, 0.15) is 75.1 Å². The van der Waals surface area contributed by atoms with Crippen LogP contribution in [-0.2, 0) is 50.8 Å². The van der Waals surface area contributed by atoms with E-state index in [0.717, 1.165) is 80.1 Å². The molecular formula is C79H79Cl2N7O23. The molecule has 0 aliphatic rings. The predicted molar refractivity (Wildman–Crippen MR) is 409 cm³/mol. The average Bonchev–Trinajstić information content (AvgIpc) is 1.62. The van der Waals surface area contributed by atoms with Gasteiger partial charge >= 0.3 is 17.8 Å². The Bertz CT molecular complexity index is 4630. The van der Waals surface area contributed by atoms with Gasteiger partial charge in [-0.25, -0.2) is 24.5 Å². The number of aromatic hydroxyl groups is 1. The van der Waals surface area contributed by atoms with E-state index >= 15 is 0 Å². The number of imidazole rings is 3. The highest BCUT2D eigenvalue weighted by molar-refractivity contribution is 6.31. The lowest BCUT2D eigenvalue weighted by atomic mass is 10.1. The lowest BCUT2D eigenvalue weighted by molar-refractivity contribution is -0.402. The van der Waals surface area contributed by atoms with Crippen LogP contribution in [0.5, 0.6) is 17.2 Å². The van der Waals surface area contributed by atoms with E-state index in [9.17, 15) is 72.8 Å². The predicted octanol–water partition coefficient (Wildman–Crippen LogP) is 14.9. The quantitative estimate of drug-likeness (QED) is 0.0186. The number of aromatic nitrogens is 6. The highest BCUT2D eigenvalue weighted by Gasteiger charge is 2.20. The van der Waals surface area contributed by atoms with Gasteiger partial charge in [0.2, 0.25) is 5.75 Å². The van der Waals surface area contributed by atoms with Crippen LogP contribution in [0.3, 0.4) is 0 Å². The van der Waals surface area contributed by atoms with Gasteiger partial charge in [-0.2, -0.15) is 0 Å². The number of nitro groups is 1. The van der Waals surface area contributed by atoms with Gasteiger partial charge in [-0.15, -0.1) is 0 Å². The summed E-state index contributed by atoms with van der Waals surface area (Å²) in [6.45, 7) is 5.63. The Morgan fingerprint density at radius 2 is 1.31 bits per heavy atom. The van der Waals surface area contributed by atoms with E-state index in [1.54, 1.807) is 110 Å². The molecule has 582 valence electrons. The maximum absolute atomic E-state index is 11.7. The van der Waals surface area contributed by atoms with E-state index in [-0.39, 0.29) is 35.2 Å². The van der Waals surface area contributed by atoms with E-state index in [0.29, 0.717) is 105 Å². The summed E-state index contributed by atoms with van der Waals surface area (Å²) in [4.78, 5) is 147. The summed E-state index contributed by atoms with van der Waals surface area (Å²) < 4.78 is 41.8. The summed E-state index contributed by atoms with van der Waals surface area (Å²) in [5.41, 5.74) is 5.63. The number of benzene rings is 4. The highest BCUT2D eigenvalue weighted by atomic mass is 35.5. The third-order valence-electron chi connectivity index (χ3n) is 13.5. The van der Waals surface area contributed by atoms with Gasteiger partial charge in [0, 0.05) is 56.0 Å². The number of H-pyrrole nitrogens is 1. The first-order valence-electron chi connectivity index (χ1n) is 32.6. The Hall–Kier alpha value is -13.9. The van der Waals surface area contributed by atoms with Gasteiger partial charge in [0.15, 0.2) is 78.6 Å². The first-order valence-corrected chi connectivity index (χ1v) is 33.4. The number of methoxy groups -OCH3 is 3. The van der Waals surface area contributed by atoms with Crippen molar-refractivity contribution >= 4 is 116 Å². The van der Waals surface area contributed by atoms with Crippen LogP contribution in [0.4, 0.5) is 5.88 Å². The molecule has 0 unspecified atom stereocenters. The molecule has 0 spiro atoms. The van der Waals surface area contributed by atoms with Gasteiger partial charge in [0.25, 0.3) is 0 Å². The standard InChI is InChI=1S/C14H11ClO4.C11H12O4.C9H10O.C9H8O.C8H11ClN2O.C8H8O4.2C5H6N2O.C5H3NO4.C5H4O2/c1-2-18-14(17)11-7-12(19-13(11)8-16)9-3-5-10(15)6-4-9;1-14-9-6-8(4-3-5-12)7-10(15-2)11(9)13;2*10-8-4-7-9-5-2-1-3-6-9;1-2-3-4-7-10-6(5-12)8(9)11-7;1-5-7(8(10)11-2)3-6(4-9)12-5;1-7-4-6-2-5(7)3-8;1-7-3-2-6-5(7)4-8;7-3-4-1-2-5(10-4)6(8)9;6-3-5-1-2-7-4-5/h3-8H,2H2,1H3;3-7,13H,1-2H3;1-3,5-6,8H,4,7H2;1-8H;5H,2-4H2,1H3,(H,10,11);3-4H,1-2H3;2*2-4H,1H3;1-3H;1-4H/b;4-3+;;7-4+;;;;;;. The first kappa shape index (κ1) is 93.2. The van der Waals surface area contributed by atoms with Gasteiger partial charge in [0.05, 0.1) is 58.4 Å². The summed E-state index contributed by atoms with van der Waals surface area (Å²) in [5.74, 6) is 1.20. The Morgan fingerprint density at radius 3 is 1.73 bits per heavy atom. The number of aromatic amines is 1. The van der Waals surface area contributed by atoms with Crippen molar-refractivity contribution in [3.05, 3.63) is 277 Å². The zero-order valence-corrected chi connectivity index (χ0v) is 62.8. The Morgan fingerprint density at radius 1 is 0.667 bits per heavy atom. The number of allylic oxidation sites excluding steroid dienone is 2. The third kappa shape index (κ3) is 35.4.